The lowest BCUT2D eigenvalue weighted by Gasteiger charge is -2.38. The van der Waals surface area contributed by atoms with Crippen LogP contribution in [0.3, 0.4) is 0 Å². The van der Waals surface area contributed by atoms with E-state index in [0.717, 1.165) is 27.9 Å². The molecule has 3 nitrogen and oxygen atoms in total. The van der Waals surface area contributed by atoms with Crippen molar-refractivity contribution in [2.45, 2.75) is 18.4 Å². The number of phenols is 1. The summed E-state index contributed by atoms with van der Waals surface area (Å²) in [6.07, 6.45) is 5.53. The van der Waals surface area contributed by atoms with E-state index in [2.05, 4.69) is 39.5 Å². The second-order valence-corrected chi connectivity index (χ2v) is 7.02. The number of halogens is 1. The highest BCUT2D eigenvalue weighted by molar-refractivity contribution is 9.10. The summed E-state index contributed by atoms with van der Waals surface area (Å²) in [6, 6.07) is 11.8. The number of para-hydroxylation sites is 1. The molecule has 1 aliphatic carbocycles. The first-order valence-corrected chi connectivity index (χ1v) is 8.57. The van der Waals surface area contributed by atoms with Gasteiger partial charge in [-0.05, 0) is 42.2 Å². The van der Waals surface area contributed by atoms with Crippen LogP contribution in [0, 0.1) is 5.92 Å². The van der Waals surface area contributed by atoms with E-state index in [1.165, 1.54) is 5.56 Å². The maximum atomic E-state index is 10.4. The summed E-state index contributed by atoms with van der Waals surface area (Å²) in [5, 5.41) is 14.0. The molecule has 2 aliphatic rings. The Hall–Kier alpha value is -1.94. The first-order chi connectivity index (χ1) is 11.2. The average Bonchev–Trinajstić information content (AvgIpc) is 3.05. The van der Waals surface area contributed by atoms with Gasteiger partial charge in [0.25, 0.3) is 0 Å². The fraction of sp³-hybridized carbons (Fsp3) is 0.263. The van der Waals surface area contributed by atoms with E-state index in [0.29, 0.717) is 17.6 Å². The van der Waals surface area contributed by atoms with Crippen molar-refractivity contribution in [2.75, 3.05) is 12.4 Å². The molecular formula is C19H18BrNO2. The summed E-state index contributed by atoms with van der Waals surface area (Å²) in [4.78, 5) is 0. The number of anilines is 1. The Morgan fingerprint density at radius 1 is 1.22 bits per heavy atom. The van der Waals surface area contributed by atoms with Crippen molar-refractivity contribution >= 4 is 21.6 Å². The number of nitrogens with one attached hydrogen (secondary N) is 1. The third kappa shape index (κ3) is 2.32. The van der Waals surface area contributed by atoms with Crippen LogP contribution >= 0.6 is 15.9 Å². The normalized spacial score (nSPS) is 24.7. The third-order valence-electron chi connectivity index (χ3n) is 4.90. The van der Waals surface area contributed by atoms with Crippen molar-refractivity contribution in [3.05, 3.63) is 64.1 Å². The van der Waals surface area contributed by atoms with Crippen molar-refractivity contribution in [1.29, 1.82) is 0 Å². The van der Waals surface area contributed by atoms with E-state index in [1.54, 1.807) is 13.2 Å². The van der Waals surface area contributed by atoms with E-state index < -0.39 is 0 Å². The molecule has 0 saturated carbocycles. The molecule has 3 unspecified atom stereocenters. The molecule has 0 radical (unpaired) electrons. The van der Waals surface area contributed by atoms with Crippen LogP contribution in [-0.2, 0) is 0 Å². The summed E-state index contributed by atoms with van der Waals surface area (Å²) in [7, 11) is 1.69. The minimum absolute atomic E-state index is 0.0521. The highest BCUT2D eigenvalue weighted by Crippen LogP contribution is 2.53. The van der Waals surface area contributed by atoms with Crippen LogP contribution in [0.5, 0.6) is 11.5 Å². The molecule has 4 heteroatoms. The largest absolute Gasteiger partial charge is 0.508 e. The second kappa shape index (κ2) is 5.60. The molecule has 0 spiro atoms. The smallest absolute Gasteiger partial charge is 0.142 e. The lowest BCUT2D eigenvalue weighted by Crippen LogP contribution is -2.29. The van der Waals surface area contributed by atoms with Crippen molar-refractivity contribution in [1.82, 2.24) is 0 Å². The molecule has 1 aliphatic heterocycles. The van der Waals surface area contributed by atoms with Crippen LogP contribution in [0.4, 0.5) is 5.69 Å². The maximum Gasteiger partial charge on any atom is 0.142 e. The molecule has 0 fully saturated rings. The van der Waals surface area contributed by atoms with Gasteiger partial charge in [-0.25, -0.2) is 0 Å². The number of rotatable bonds is 2. The zero-order valence-electron chi connectivity index (χ0n) is 12.8. The Kier molecular flexibility index (Phi) is 3.57. The van der Waals surface area contributed by atoms with Crippen molar-refractivity contribution in [2.24, 2.45) is 5.92 Å². The van der Waals surface area contributed by atoms with Crippen LogP contribution in [-0.4, -0.2) is 12.2 Å². The first-order valence-electron chi connectivity index (χ1n) is 7.77. The monoisotopic (exact) mass is 371 g/mol. The number of hydrogen-bond acceptors (Lipinski definition) is 3. The van der Waals surface area contributed by atoms with E-state index in [1.807, 2.05) is 24.3 Å². The quantitative estimate of drug-likeness (QED) is 0.730. The molecule has 2 aromatic rings. The molecule has 3 atom stereocenters. The van der Waals surface area contributed by atoms with Gasteiger partial charge in [-0.2, -0.15) is 0 Å². The molecular weight excluding hydrogens is 354 g/mol. The molecule has 4 rings (SSSR count). The number of ether oxygens (including phenoxy) is 1. The lowest BCUT2D eigenvalue weighted by molar-refractivity contribution is 0.387. The van der Waals surface area contributed by atoms with Gasteiger partial charge in [-0.15, -0.1) is 0 Å². The van der Waals surface area contributed by atoms with Gasteiger partial charge in [0.05, 0.1) is 18.8 Å². The van der Waals surface area contributed by atoms with E-state index in [4.69, 9.17) is 4.74 Å². The third-order valence-corrected chi connectivity index (χ3v) is 5.40. The zero-order chi connectivity index (χ0) is 16.0. The van der Waals surface area contributed by atoms with Crippen LogP contribution in [0.15, 0.2) is 53.0 Å². The van der Waals surface area contributed by atoms with Gasteiger partial charge >= 0.3 is 0 Å². The van der Waals surface area contributed by atoms with E-state index >= 15 is 0 Å². The molecule has 118 valence electrons. The Balaban J connectivity index is 1.85. The van der Waals surface area contributed by atoms with Gasteiger partial charge in [0.15, 0.2) is 0 Å². The van der Waals surface area contributed by atoms with Gasteiger partial charge < -0.3 is 15.2 Å². The first kappa shape index (κ1) is 14.6. The van der Waals surface area contributed by atoms with Crippen LogP contribution in [0.25, 0.3) is 0 Å². The molecule has 2 N–H and O–H groups in total. The van der Waals surface area contributed by atoms with Gasteiger partial charge in [0.1, 0.15) is 11.5 Å². The van der Waals surface area contributed by atoms with Crippen LogP contribution in [0.2, 0.25) is 0 Å². The molecule has 0 amide bonds. The summed E-state index contributed by atoms with van der Waals surface area (Å²) < 4.78 is 6.51. The van der Waals surface area contributed by atoms with E-state index in [-0.39, 0.29) is 6.04 Å². The number of hydrogen-bond donors (Lipinski definition) is 2. The van der Waals surface area contributed by atoms with Gasteiger partial charge in [0, 0.05) is 16.0 Å². The second-order valence-electron chi connectivity index (χ2n) is 6.10. The number of methoxy groups -OCH3 is 1. The minimum atomic E-state index is 0.0521. The molecule has 0 saturated heterocycles. The van der Waals surface area contributed by atoms with Crippen LogP contribution in [0.1, 0.15) is 29.5 Å². The lowest BCUT2D eigenvalue weighted by atomic mass is 9.76. The molecule has 2 aromatic carbocycles. The van der Waals surface area contributed by atoms with Gasteiger partial charge in [0.2, 0.25) is 0 Å². The average molecular weight is 372 g/mol. The fourth-order valence-corrected chi connectivity index (χ4v) is 4.22. The Labute approximate surface area is 144 Å². The summed E-state index contributed by atoms with van der Waals surface area (Å²) >= 11 is 3.52. The number of allylic oxidation sites excluding steroid dienone is 2. The fourth-order valence-electron chi connectivity index (χ4n) is 3.85. The van der Waals surface area contributed by atoms with E-state index in [9.17, 15) is 5.11 Å². The molecule has 0 bridgehead atoms. The number of phenolic OH excluding ortho intramolecular Hbond substituents is 1. The van der Waals surface area contributed by atoms with Crippen molar-refractivity contribution in [3.8, 4) is 11.5 Å². The molecule has 23 heavy (non-hydrogen) atoms. The van der Waals surface area contributed by atoms with Crippen molar-refractivity contribution < 1.29 is 9.84 Å². The highest BCUT2D eigenvalue weighted by atomic mass is 79.9. The standard InChI is InChI=1S/C19H18BrNO2/c1-23-17-7-3-6-14-12-4-2-5-13(12)18(21-19(14)17)15-10-11(20)8-9-16(15)22/h2-4,6-10,12-13,18,21-22H,5H2,1H3. The summed E-state index contributed by atoms with van der Waals surface area (Å²) in [5.74, 6) is 1.93. The minimum Gasteiger partial charge on any atom is -0.508 e. The predicted molar refractivity (Wildman–Crippen MR) is 95.2 cm³/mol. The van der Waals surface area contributed by atoms with Gasteiger partial charge in [-0.3, -0.25) is 0 Å². The molecule has 0 aromatic heterocycles. The summed E-state index contributed by atoms with van der Waals surface area (Å²) in [6.45, 7) is 0. The number of fused-ring (bicyclic) bond motifs is 3. The Morgan fingerprint density at radius 2 is 2.09 bits per heavy atom. The maximum absolute atomic E-state index is 10.4. The topological polar surface area (TPSA) is 41.5 Å². The predicted octanol–water partition coefficient (Wildman–Crippen LogP) is 4.99. The number of benzene rings is 2. The number of aromatic hydroxyl groups is 1. The van der Waals surface area contributed by atoms with Crippen LogP contribution < -0.4 is 10.1 Å². The Bertz CT molecular complexity index is 787. The Morgan fingerprint density at radius 3 is 2.91 bits per heavy atom. The highest BCUT2D eigenvalue weighted by Gasteiger charge is 2.39. The summed E-state index contributed by atoms with van der Waals surface area (Å²) in [5.41, 5.74) is 3.23. The SMILES string of the molecule is COc1cccc2c1NC(c1cc(Br)ccc1O)C1CC=CC21. The molecule has 1 heterocycles. The van der Waals surface area contributed by atoms with Crippen molar-refractivity contribution in [3.63, 3.8) is 0 Å². The van der Waals surface area contributed by atoms with Gasteiger partial charge in [-0.1, -0.05) is 40.2 Å². The zero-order valence-corrected chi connectivity index (χ0v) is 14.4.